The summed E-state index contributed by atoms with van der Waals surface area (Å²) in [5.41, 5.74) is 7.52. The maximum absolute atomic E-state index is 14.5. The van der Waals surface area contributed by atoms with Gasteiger partial charge >= 0.3 is 0 Å². The molecule has 7 nitrogen and oxygen atoms in total. The standard InChI is InChI=1S/C25H23ClFN5O2/c1-13(17-9-15(23(28)33)4-6-20(17)27)32-22-18-8-14(5-7-21(18)29-12-19(22)26)16-10-30-24(31-11-16)25(2,3)34/h4-13,34H,1-3H3,(H2,28,33)(H,29,32). The minimum absolute atomic E-state index is 0.215. The number of primary amides is 1. The van der Waals surface area contributed by atoms with Gasteiger partial charge in [-0.1, -0.05) is 17.7 Å². The second kappa shape index (κ2) is 8.96. The summed E-state index contributed by atoms with van der Waals surface area (Å²) in [5.74, 6) is -0.786. The second-order valence-corrected chi connectivity index (χ2v) is 8.94. The van der Waals surface area contributed by atoms with Gasteiger partial charge < -0.3 is 16.2 Å². The minimum atomic E-state index is -1.15. The summed E-state index contributed by atoms with van der Waals surface area (Å²) in [6, 6.07) is 9.08. The molecule has 0 aliphatic heterocycles. The highest BCUT2D eigenvalue weighted by molar-refractivity contribution is 6.34. The number of hydrogen-bond donors (Lipinski definition) is 3. The fourth-order valence-electron chi connectivity index (χ4n) is 3.61. The monoisotopic (exact) mass is 479 g/mol. The lowest BCUT2D eigenvalue weighted by Crippen LogP contribution is -2.19. The van der Waals surface area contributed by atoms with E-state index < -0.39 is 23.4 Å². The topological polar surface area (TPSA) is 114 Å². The number of halogens is 2. The summed E-state index contributed by atoms with van der Waals surface area (Å²) >= 11 is 6.48. The van der Waals surface area contributed by atoms with Crippen molar-refractivity contribution in [2.24, 2.45) is 5.73 Å². The van der Waals surface area contributed by atoms with Crippen molar-refractivity contribution < 1.29 is 14.3 Å². The molecule has 2 heterocycles. The van der Waals surface area contributed by atoms with Crippen molar-refractivity contribution in [3.63, 3.8) is 0 Å². The Hall–Kier alpha value is -3.62. The number of rotatable bonds is 6. The molecule has 0 saturated carbocycles. The third kappa shape index (κ3) is 4.69. The van der Waals surface area contributed by atoms with E-state index in [-0.39, 0.29) is 11.1 Å². The van der Waals surface area contributed by atoms with Gasteiger partial charge in [-0.3, -0.25) is 9.78 Å². The SMILES string of the molecule is CC(Nc1c(Cl)cnc2ccc(-c3cnc(C(C)(C)O)nc3)cc12)c1cc(C(N)=O)ccc1F. The third-order valence-corrected chi connectivity index (χ3v) is 5.75. The van der Waals surface area contributed by atoms with Gasteiger partial charge in [0.1, 0.15) is 11.4 Å². The first-order valence-corrected chi connectivity index (χ1v) is 10.9. The predicted octanol–water partition coefficient (Wildman–Crippen LogP) is 4.98. The smallest absolute Gasteiger partial charge is 0.248 e. The lowest BCUT2D eigenvalue weighted by Gasteiger charge is -2.20. The highest BCUT2D eigenvalue weighted by atomic mass is 35.5. The molecule has 4 N–H and O–H groups in total. The number of pyridine rings is 1. The number of hydrogen-bond acceptors (Lipinski definition) is 6. The van der Waals surface area contributed by atoms with Crippen LogP contribution >= 0.6 is 11.6 Å². The van der Waals surface area contributed by atoms with Crippen LogP contribution in [0.25, 0.3) is 22.0 Å². The number of fused-ring (bicyclic) bond motifs is 1. The molecule has 2 aromatic heterocycles. The Bertz CT molecular complexity index is 1390. The van der Waals surface area contributed by atoms with Crippen molar-refractivity contribution in [1.82, 2.24) is 15.0 Å². The molecule has 4 aromatic rings. The van der Waals surface area contributed by atoms with Crippen LogP contribution in [0.1, 0.15) is 48.6 Å². The Kier molecular flexibility index (Phi) is 6.20. The van der Waals surface area contributed by atoms with E-state index in [4.69, 9.17) is 17.3 Å². The van der Waals surface area contributed by atoms with E-state index >= 15 is 0 Å². The molecule has 0 fully saturated rings. The number of nitrogens with one attached hydrogen (secondary N) is 1. The molecule has 0 aliphatic rings. The van der Waals surface area contributed by atoms with E-state index in [1.54, 1.807) is 33.2 Å². The number of benzene rings is 2. The van der Waals surface area contributed by atoms with E-state index in [0.29, 0.717) is 22.1 Å². The van der Waals surface area contributed by atoms with Crippen LogP contribution in [0, 0.1) is 5.82 Å². The fraction of sp³-hybridized carbons (Fsp3) is 0.200. The van der Waals surface area contributed by atoms with Crippen LogP contribution in [-0.2, 0) is 5.60 Å². The van der Waals surface area contributed by atoms with Crippen molar-refractivity contribution >= 4 is 34.1 Å². The number of carbonyl (C=O) groups is 1. The van der Waals surface area contributed by atoms with E-state index in [1.165, 1.54) is 24.4 Å². The van der Waals surface area contributed by atoms with Gasteiger partial charge in [0, 0.05) is 40.7 Å². The van der Waals surface area contributed by atoms with E-state index in [9.17, 15) is 14.3 Å². The fourth-order valence-corrected chi connectivity index (χ4v) is 3.82. The molecule has 0 aliphatic carbocycles. The van der Waals surface area contributed by atoms with Crippen LogP contribution < -0.4 is 11.1 Å². The Labute approximate surface area is 200 Å². The Morgan fingerprint density at radius 1 is 1.09 bits per heavy atom. The molecule has 0 saturated heterocycles. The molecule has 174 valence electrons. The molecule has 4 rings (SSSR count). The molecule has 0 spiro atoms. The Balaban J connectivity index is 1.74. The first-order chi connectivity index (χ1) is 16.0. The molecule has 0 bridgehead atoms. The van der Waals surface area contributed by atoms with Gasteiger partial charge in [0.05, 0.1) is 22.3 Å². The molecule has 1 atom stereocenters. The third-order valence-electron chi connectivity index (χ3n) is 5.46. The Morgan fingerprint density at radius 3 is 2.44 bits per heavy atom. The zero-order valence-electron chi connectivity index (χ0n) is 18.8. The summed E-state index contributed by atoms with van der Waals surface area (Å²) in [6.45, 7) is 5.00. The first kappa shape index (κ1) is 23.5. The van der Waals surface area contributed by atoms with Crippen molar-refractivity contribution in [3.05, 3.63) is 82.8 Å². The highest BCUT2D eigenvalue weighted by Gasteiger charge is 2.20. The summed E-state index contributed by atoms with van der Waals surface area (Å²) < 4.78 is 14.5. The van der Waals surface area contributed by atoms with Crippen LogP contribution in [0.4, 0.5) is 10.1 Å². The summed E-state index contributed by atoms with van der Waals surface area (Å²) in [4.78, 5) is 24.5. The van der Waals surface area contributed by atoms with Gasteiger partial charge in [0.15, 0.2) is 5.82 Å². The lowest BCUT2D eigenvalue weighted by atomic mass is 10.0. The first-order valence-electron chi connectivity index (χ1n) is 10.5. The number of nitrogens with zero attached hydrogens (tertiary/aromatic N) is 3. The largest absolute Gasteiger partial charge is 0.382 e. The van der Waals surface area contributed by atoms with Crippen LogP contribution in [0.15, 0.2) is 55.0 Å². The normalized spacial score (nSPS) is 12.5. The highest BCUT2D eigenvalue weighted by Crippen LogP contribution is 2.35. The van der Waals surface area contributed by atoms with Crippen LogP contribution in [0.2, 0.25) is 5.02 Å². The van der Waals surface area contributed by atoms with Gasteiger partial charge in [0.2, 0.25) is 5.91 Å². The van der Waals surface area contributed by atoms with Gasteiger partial charge in [-0.15, -0.1) is 0 Å². The van der Waals surface area contributed by atoms with Crippen molar-refractivity contribution in [2.45, 2.75) is 32.4 Å². The number of carbonyl (C=O) groups excluding carboxylic acids is 1. The average molecular weight is 480 g/mol. The number of amides is 1. The van der Waals surface area contributed by atoms with Gasteiger partial charge in [0.25, 0.3) is 0 Å². The number of anilines is 1. The number of aliphatic hydroxyl groups is 1. The molecule has 2 aromatic carbocycles. The van der Waals surface area contributed by atoms with Crippen molar-refractivity contribution in [2.75, 3.05) is 5.32 Å². The average Bonchev–Trinajstić information content (AvgIpc) is 2.80. The lowest BCUT2D eigenvalue weighted by molar-refractivity contribution is 0.0687. The molecule has 9 heteroatoms. The van der Waals surface area contributed by atoms with Crippen molar-refractivity contribution in [3.8, 4) is 11.1 Å². The maximum atomic E-state index is 14.5. The maximum Gasteiger partial charge on any atom is 0.248 e. The molecule has 34 heavy (non-hydrogen) atoms. The molecule has 1 amide bonds. The zero-order valence-corrected chi connectivity index (χ0v) is 19.6. The molecule has 0 radical (unpaired) electrons. The van der Waals surface area contributed by atoms with Gasteiger partial charge in [-0.05, 0) is 56.7 Å². The van der Waals surface area contributed by atoms with E-state index in [2.05, 4.69) is 20.3 Å². The summed E-state index contributed by atoms with van der Waals surface area (Å²) in [7, 11) is 0. The van der Waals surface area contributed by atoms with E-state index in [0.717, 1.165) is 16.5 Å². The molecule has 1 unspecified atom stereocenters. The summed E-state index contributed by atoms with van der Waals surface area (Å²) in [6.07, 6.45) is 4.80. The predicted molar refractivity (Wildman–Crippen MR) is 130 cm³/mol. The van der Waals surface area contributed by atoms with Crippen molar-refractivity contribution in [1.29, 1.82) is 0 Å². The Morgan fingerprint density at radius 2 is 1.79 bits per heavy atom. The van der Waals surface area contributed by atoms with Gasteiger partial charge in [-0.2, -0.15) is 0 Å². The number of nitrogens with two attached hydrogens (primary N) is 1. The zero-order chi connectivity index (χ0) is 24.6. The molecular weight excluding hydrogens is 457 g/mol. The second-order valence-electron chi connectivity index (χ2n) is 8.53. The van der Waals surface area contributed by atoms with Crippen LogP contribution in [-0.4, -0.2) is 26.0 Å². The number of aromatic nitrogens is 3. The summed E-state index contributed by atoms with van der Waals surface area (Å²) in [5, 5.41) is 14.4. The van der Waals surface area contributed by atoms with E-state index in [1.807, 2.05) is 18.2 Å². The molecular formula is C25H23ClFN5O2. The van der Waals surface area contributed by atoms with Crippen LogP contribution in [0.5, 0.6) is 0 Å². The van der Waals surface area contributed by atoms with Gasteiger partial charge in [-0.25, -0.2) is 14.4 Å². The quantitative estimate of drug-likeness (QED) is 0.359. The van der Waals surface area contributed by atoms with Crippen LogP contribution in [0.3, 0.4) is 0 Å². The minimum Gasteiger partial charge on any atom is -0.382 e.